The summed E-state index contributed by atoms with van der Waals surface area (Å²) < 4.78 is 26.6. The minimum atomic E-state index is 0.327. The number of ether oxygens (including phenoxy) is 5. The molecule has 7 heteroatoms. The van der Waals surface area contributed by atoms with Gasteiger partial charge in [0.1, 0.15) is 28.7 Å². The zero-order valence-corrected chi connectivity index (χ0v) is 15.8. The van der Waals surface area contributed by atoms with E-state index >= 15 is 0 Å². The lowest BCUT2D eigenvalue weighted by Crippen LogP contribution is -2.15. The normalized spacial score (nSPS) is 10.3. The van der Waals surface area contributed by atoms with Gasteiger partial charge in [-0.25, -0.2) is 0 Å². The molecular formula is C19H25NO6. The summed E-state index contributed by atoms with van der Waals surface area (Å²) in [5.41, 5.74) is 4.66. The van der Waals surface area contributed by atoms with Crippen LogP contribution in [0.15, 0.2) is 30.3 Å². The minimum absolute atomic E-state index is 0.327. The van der Waals surface area contributed by atoms with Gasteiger partial charge in [0, 0.05) is 23.8 Å². The van der Waals surface area contributed by atoms with Gasteiger partial charge < -0.3 is 23.7 Å². The Morgan fingerprint density at radius 2 is 1.27 bits per heavy atom. The van der Waals surface area contributed by atoms with E-state index in [1.165, 1.54) is 0 Å². The molecule has 2 aromatic rings. The van der Waals surface area contributed by atoms with Gasteiger partial charge in [-0.2, -0.15) is 5.48 Å². The smallest absolute Gasteiger partial charge is 0.130 e. The van der Waals surface area contributed by atoms with E-state index in [9.17, 15) is 0 Å². The summed E-state index contributed by atoms with van der Waals surface area (Å²) in [6.45, 7) is 0.725. The lowest BCUT2D eigenvalue weighted by Gasteiger charge is -2.16. The second kappa shape index (κ2) is 9.74. The molecule has 142 valence electrons. The van der Waals surface area contributed by atoms with Crippen molar-refractivity contribution >= 4 is 0 Å². The number of benzene rings is 2. The summed E-state index contributed by atoms with van der Waals surface area (Å²) in [5.74, 6) is 3.39. The predicted molar refractivity (Wildman–Crippen MR) is 97.3 cm³/mol. The maximum Gasteiger partial charge on any atom is 0.130 e. The lowest BCUT2D eigenvalue weighted by molar-refractivity contribution is 0.0218. The summed E-state index contributed by atoms with van der Waals surface area (Å²) >= 11 is 0. The van der Waals surface area contributed by atoms with Crippen LogP contribution in [0.25, 0.3) is 0 Å². The summed E-state index contributed by atoms with van der Waals surface area (Å²) in [7, 11) is 8.01. The predicted octanol–water partition coefficient (Wildman–Crippen LogP) is 2.95. The van der Waals surface area contributed by atoms with Crippen molar-refractivity contribution in [2.45, 2.75) is 13.2 Å². The Hall–Kier alpha value is -2.64. The highest BCUT2D eigenvalue weighted by atomic mass is 16.6. The van der Waals surface area contributed by atoms with Crippen LogP contribution >= 0.6 is 0 Å². The Labute approximate surface area is 153 Å². The van der Waals surface area contributed by atoms with Crippen molar-refractivity contribution in [2.24, 2.45) is 0 Å². The van der Waals surface area contributed by atoms with Crippen molar-refractivity contribution in [3.8, 4) is 28.7 Å². The Morgan fingerprint density at radius 3 is 1.81 bits per heavy atom. The Kier molecular flexibility index (Phi) is 7.37. The first-order chi connectivity index (χ1) is 12.7. The van der Waals surface area contributed by atoms with Crippen molar-refractivity contribution in [3.05, 3.63) is 41.5 Å². The number of hydroxylamine groups is 1. The molecule has 0 radical (unpaired) electrons. The Morgan fingerprint density at radius 1 is 0.692 bits per heavy atom. The van der Waals surface area contributed by atoms with E-state index in [0.29, 0.717) is 36.1 Å². The van der Waals surface area contributed by atoms with Crippen LogP contribution in [-0.2, 0) is 18.0 Å². The molecule has 1 N–H and O–H groups in total. The molecule has 0 aliphatic heterocycles. The zero-order chi connectivity index (χ0) is 18.9. The fraction of sp³-hybridized carbons (Fsp3) is 0.368. The Balaban J connectivity index is 2.02. The molecule has 0 heterocycles. The molecule has 0 unspecified atom stereocenters. The third kappa shape index (κ3) is 4.71. The van der Waals surface area contributed by atoms with Crippen molar-refractivity contribution in [3.63, 3.8) is 0 Å². The molecule has 0 saturated carbocycles. The van der Waals surface area contributed by atoms with E-state index in [4.69, 9.17) is 28.5 Å². The number of rotatable bonds is 10. The molecule has 0 aliphatic rings. The van der Waals surface area contributed by atoms with Gasteiger partial charge in [0.25, 0.3) is 0 Å². The van der Waals surface area contributed by atoms with Crippen LogP contribution in [0.1, 0.15) is 11.1 Å². The molecular weight excluding hydrogens is 338 g/mol. The highest BCUT2D eigenvalue weighted by molar-refractivity contribution is 5.50. The monoisotopic (exact) mass is 363 g/mol. The summed E-state index contributed by atoms with van der Waals surface area (Å²) in [6.07, 6.45) is 0. The SMILES string of the molecule is COc1ccc(CONCc2c(OC)cc(OC)cc2OC)c(OC)c1. The largest absolute Gasteiger partial charge is 0.497 e. The highest BCUT2D eigenvalue weighted by Crippen LogP contribution is 2.34. The van der Waals surface area contributed by atoms with Crippen molar-refractivity contribution < 1.29 is 28.5 Å². The molecule has 0 atom stereocenters. The first-order valence-electron chi connectivity index (χ1n) is 8.01. The third-order valence-electron chi connectivity index (χ3n) is 3.89. The topological polar surface area (TPSA) is 67.4 Å². The summed E-state index contributed by atoms with van der Waals surface area (Å²) in [5, 5.41) is 0. The van der Waals surface area contributed by atoms with Crippen LogP contribution in [0.5, 0.6) is 28.7 Å². The summed E-state index contributed by atoms with van der Waals surface area (Å²) in [6, 6.07) is 9.16. The van der Waals surface area contributed by atoms with Gasteiger partial charge in [-0.3, -0.25) is 4.84 Å². The molecule has 0 bridgehead atoms. The molecule has 0 fully saturated rings. The minimum Gasteiger partial charge on any atom is -0.497 e. The molecule has 0 amide bonds. The molecule has 0 spiro atoms. The van der Waals surface area contributed by atoms with E-state index in [2.05, 4.69) is 5.48 Å². The van der Waals surface area contributed by atoms with Crippen LogP contribution < -0.4 is 29.2 Å². The van der Waals surface area contributed by atoms with Crippen LogP contribution in [0.3, 0.4) is 0 Å². The van der Waals surface area contributed by atoms with E-state index in [1.807, 2.05) is 18.2 Å². The van der Waals surface area contributed by atoms with Gasteiger partial charge in [0.2, 0.25) is 0 Å². The lowest BCUT2D eigenvalue weighted by atomic mass is 10.1. The maximum absolute atomic E-state index is 5.58. The Bertz CT molecular complexity index is 694. The molecule has 0 saturated heterocycles. The number of hydrogen-bond acceptors (Lipinski definition) is 7. The molecule has 0 aromatic heterocycles. The van der Waals surface area contributed by atoms with Crippen LogP contribution in [-0.4, -0.2) is 35.5 Å². The van der Waals surface area contributed by atoms with Crippen LogP contribution in [0.2, 0.25) is 0 Å². The first-order valence-corrected chi connectivity index (χ1v) is 8.01. The van der Waals surface area contributed by atoms with E-state index in [-0.39, 0.29) is 0 Å². The maximum atomic E-state index is 5.58. The van der Waals surface area contributed by atoms with Gasteiger partial charge in [0.15, 0.2) is 0 Å². The average Bonchev–Trinajstić information content (AvgIpc) is 2.70. The van der Waals surface area contributed by atoms with Gasteiger partial charge in [-0.05, 0) is 12.1 Å². The average molecular weight is 363 g/mol. The standard InChI is InChI=1S/C19H25NO6/c1-21-14-7-6-13(17(8-14)23-3)12-26-20-11-16-18(24-4)9-15(22-2)10-19(16)25-5/h6-10,20H,11-12H2,1-5H3. The molecule has 2 aromatic carbocycles. The second-order valence-corrected chi connectivity index (χ2v) is 5.30. The van der Waals surface area contributed by atoms with Gasteiger partial charge in [-0.1, -0.05) is 0 Å². The fourth-order valence-corrected chi connectivity index (χ4v) is 2.48. The van der Waals surface area contributed by atoms with Gasteiger partial charge in [0.05, 0.1) is 54.3 Å². The fourth-order valence-electron chi connectivity index (χ4n) is 2.48. The van der Waals surface area contributed by atoms with E-state index in [1.54, 1.807) is 47.7 Å². The molecule has 0 aliphatic carbocycles. The second-order valence-electron chi connectivity index (χ2n) is 5.30. The molecule has 26 heavy (non-hydrogen) atoms. The molecule has 7 nitrogen and oxygen atoms in total. The zero-order valence-electron chi connectivity index (χ0n) is 15.8. The van der Waals surface area contributed by atoms with Gasteiger partial charge in [-0.15, -0.1) is 0 Å². The number of nitrogens with one attached hydrogen (secondary N) is 1. The number of methoxy groups -OCH3 is 5. The van der Waals surface area contributed by atoms with Crippen LogP contribution in [0.4, 0.5) is 0 Å². The van der Waals surface area contributed by atoms with E-state index in [0.717, 1.165) is 16.9 Å². The van der Waals surface area contributed by atoms with Crippen molar-refractivity contribution in [2.75, 3.05) is 35.5 Å². The van der Waals surface area contributed by atoms with Crippen LogP contribution in [0, 0.1) is 0 Å². The third-order valence-corrected chi connectivity index (χ3v) is 3.89. The first kappa shape index (κ1) is 19.7. The quantitative estimate of drug-likeness (QED) is 0.514. The van der Waals surface area contributed by atoms with Crippen molar-refractivity contribution in [1.29, 1.82) is 0 Å². The highest BCUT2D eigenvalue weighted by Gasteiger charge is 2.13. The number of hydrogen-bond donors (Lipinski definition) is 1. The molecule has 2 rings (SSSR count). The van der Waals surface area contributed by atoms with Crippen molar-refractivity contribution in [1.82, 2.24) is 5.48 Å². The van der Waals surface area contributed by atoms with Gasteiger partial charge >= 0.3 is 0 Å². The van der Waals surface area contributed by atoms with E-state index < -0.39 is 0 Å². The summed E-state index contributed by atoms with van der Waals surface area (Å²) in [4.78, 5) is 5.58.